The molecule has 3 atom stereocenters. The summed E-state index contributed by atoms with van der Waals surface area (Å²) in [5, 5.41) is 17.7. The summed E-state index contributed by atoms with van der Waals surface area (Å²) < 4.78 is 0. The van der Waals surface area contributed by atoms with Crippen molar-refractivity contribution in [3.8, 4) is 6.07 Å². The highest BCUT2D eigenvalue weighted by Gasteiger charge is 2.29. The number of hydrogen-bond acceptors (Lipinski definition) is 3. The van der Waals surface area contributed by atoms with Crippen LogP contribution in [0.5, 0.6) is 0 Å². The van der Waals surface area contributed by atoms with Crippen LogP contribution in [0.15, 0.2) is 0 Å². The molecule has 1 rings (SSSR count). The van der Waals surface area contributed by atoms with Gasteiger partial charge < -0.3 is 14.9 Å². The number of carbonyl (C=O) groups is 2. The van der Waals surface area contributed by atoms with Crippen LogP contribution in [0, 0.1) is 29.1 Å². The van der Waals surface area contributed by atoms with Crippen LogP contribution in [0.2, 0.25) is 0 Å². The second kappa shape index (κ2) is 7.87. The fourth-order valence-corrected chi connectivity index (χ4v) is 2.86. The summed E-state index contributed by atoms with van der Waals surface area (Å²) in [4.78, 5) is 26.5. The number of aliphatic carboxylic acids is 1. The largest absolute Gasteiger partial charge is 0.481 e. The number of piperidine rings is 1. The highest BCUT2D eigenvalue weighted by Crippen LogP contribution is 2.26. The predicted octanol–water partition coefficient (Wildman–Crippen LogP) is 2.02. The first-order valence-corrected chi connectivity index (χ1v) is 7.46. The molecule has 1 saturated heterocycles. The molecular weight excluding hydrogens is 270 g/mol. The third-order valence-corrected chi connectivity index (χ3v) is 4.12. The van der Waals surface area contributed by atoms with E-state index in [9.17, 15) is 9.59 Å². The molecule has 0 spiro atoms. The van der Waals surface area contributed by atoms with Gasteiger partial charge in [0.05, 0.1) is 12.0 Å². The molecule has 1 N–H and O–H groups in total. The molecule has 2 amide bonds. The number of amides is 2. The summed E-state index contributed by atoms with van der Waals surface area (Å²) in [6.07, 6.45) is 2.02. The predicted molar refractivity (Wildman–Crippen MR) is 78.5 cm³/mol. The molecule has 118 valence electrons. The Balaban J connectivity index is 2.57. The Morgan fingerprint density at radius 2 is 2.14 bits per heavy atom. The van der Waals surface area contributed by atoms with Gasteiger partial charge in [0.2, 0.25) is 0 Å². The van der Waals surface area contributed by atoms with Gasteiger partial charge in [-0.2, -0.15) is 5.26 Å². The fourth-order valence-electron chi connectivity index (χ4n) is 2.86. The Kier molecular flexibility index (Phi) is 6.47. The maximum absolute atomic E-state index is 12.4. The molecule has 0 bridgehead atoms. The maximum atomic E-state index is 12.4. The minimum atomic E-state index is -0.786. The minimum Gasteiger partial charge on any atom is -0.481 e. The van der Waals surface area contributed by atoms with Gasteiger partial charge in [-0.1, -0.05) is 6.92 Å². The van der Waals surface area contributed by atoms with Crippen LogP contribution >= 0.6 is 0 Å². The van der Waals surface area contributed by atoms with E-state index < -0.39 is 5.97 Å². The highest BCUT2D eigenvalue weighted by atomic mass is 16.4. The van der Waals surface area contributed by atoms with Crippen LogP contribution in [0.4, 0.5) is 4.79 Å². The van der Waals surface area contributed by atoms with E-state index in [1.54, 1.807) is 23.8 Å². The molecule has 0 saturated carbocycles. The van der Waals surface area contributed by atoms with Crippen LogP contribution in [0.1, 0.15) is 33.1 Å². The Bertz CT molecular complexity index is 419. The number of carbonyl (C=O) groups excluding carboxylic acids is 1. The van der Waals surface area contributed by atoms with E-state index in [0.717, 1.165) is 12.8 Å². The number of likely N-dealkylation sites (tertiary alicyclic amines) is 1. The van der Waals surface area contributed by atoms with Crippen LogP contribution in [-0.4, -0.2) is 53.6 Å². The second-order valence-corrected chi connectivity index (χ2v) is 6.12. The highest BCUT2D eigenvalue weighted by molar-refractivity contribution is 5.74. The molecule has 1 aliphatic heterocycles. The van der Waals surface area contributed by atoms with E-state index in [1.807, 2.05) is 6.92 Å². The van der Waals surface area contributed by atoms with Crippen LogP contribution < -0.4 is 0 Å². The van der Waals surface area contributed by atoms with E-state index in [0.29, 0.717) is 19.6 Å². The van der Waals surface area contributed by atoms with Crippen molar-refractivity contribution in [2.45, 2.75) is 33.1 Å². The molecule has 0 aromatic rings. The smallest absolute Gasteiger partial charge is 0.319 e. The normalized spacial score (nSPS) is 21.2. The first-order chi connectivity index (χ1) is 9.85. The van der Waals surface area contributed by atoms with Gasteiger partial charge in [0.1, 0.15) is 0 Å². The van der Waals surface area contributed by atoms with E-state index in [4.69, 9.17) is 10.4 Å². The van der Waals surface area contributed by atoms with Crippen molar-refractivity contribution in [3.63, 3.8) is 0 Å². The molecule has 0 radical (unpaired) electrons. The average molecular weight is 295 g/mol. The quantitative estimate of drug-likeness (QED) is 0.841. The number of nitriles is 1. The average Bonchev–Trinajstić information content (AvgIpc) is 2.45. The topological polar surface area (TPSA) is 84.6 Å². The Morgan fingerprint density at radius 3 is 2.71 bits per heavy atom. The van der Waals surface area contributed by atoms with Gasteiger partial charge in [-0.05, 0) is 31.6 Å². The summed E-state index contributed by atoms with van der Waals surface area (Å²) >= 11 is 0. The molecule has 0 aromatic carbocycles. The van der Waals surface area contributed by atoms with E-state index in [-0.39, 0.29) is 30.2 Å². The Labute approximate surface area is 126 Å². The third kappa shape index (κ3) is 5.25. The molecule has 1 heterocycles. The number of hydrogen-bond donors (Lipinski definition) is 1. The first-order valence-electron chi connectivity index (χ1n) is 7.46. The molecule has 6 heteroatoms. The SMILES string of the molecule is CC(C#N)CN(C)C(=O)N1CCCC(C(C)CC(=O)O)C1. The molecule has 6 nitrogen and oxygen atoms in total. The van der Waals surface area contributed by atoms with E-state index in [2.05, 4.69) is 6.07 Å². The van der Waals surface area contributed by atoms with Crippen molar-refractivity contribution in [2.24, 2.45) is 17.8 Å². The lowest BCUT2D eigenvalue weighted by atomic mass is 9.85. The van der Waals surface area contributed by atoms with Crippen molar-refractivity contribution in [1.29, 1.82) is 5.26 Å². The monoisotopic (exact) mass is 295 g/mol. The molecule has 0 aromatic heterocycles. The maximum Gasteiger partial charge on any atom is 0.319 e. The molecule has 1 fully saturated rings. The van der Waals surface area contributed by atoms with Crippen molar-refractivity contribution in [1.82, 2.24) is 9.80 Å². The number of carboxylic acids is 1. The van der Waals surface area contributed by atoms with Crippen LogP contribution in [0.25, 0.3) is 0 Å². The summed E-state index contributed by atoms with van der Waals surface area (Å²) in [5.74, 6) is -0.668. The summed E-state index contributed by atoms with van der Waals surface area (Å²) in [5.41, 5.74) is 0. The number of nitrogens with zero attached hydrogens (tertiary/aromatic N) is 3. The van der Waals surface area contributed by atoms with Gasteiger partial charge in [-0.3, -0.25) is 4.79 Å². The van der Waals surface area contributed by atoms with Crippen molar-refractivity contribution >= 4 is 12.0 Å². The molecule has 0 aliphatic carbocycles. The zero-order valence-electron chi connectivity index (χ0n) is 13.1. The molecule has 21 heavy (non-hydrogen) atoms. The van der Waals surface area contributed by atoms with Gasteiger partial charge >= 0.3 is 12.0 Å². The van der Waals surface area contributed by atoms with Crippen molar-refractivity contribution < 1.29 is 14.7 Å². The lowest BCUT2D eigenvalue weighted by molar-refractivity contribution is -0.138. The number of carboxylic acid groups (broad SMARTS) is 1. The standard InChI is InChI=1S/C15H25N3O3/c1-11(8-16)9-17(3)15(21)18-6-4-5-13(10-18)12(2)7-14(19)20/h11-13H,4-7,9-10H2,1-3H3,(H,19,20). The summed E-state index contributed by atoms with van der Waals surface area (Å²) in [7, 11) is 1.71. The minimum absolute atomic E-state index is 0.0654. The lowest BCUT2D eigenvalue weighted by Crippen LogP contribution is -2.48. The molecule has 3 unspecified atom stereocenters. The second-order valence-electron chi connectivity index (χ2n) is 6.12. The number of urea groups is 1. The molecular formula is C15H25N3O3. The van der Waals surface area contributed by atoms with Gasteiger partial charge in [-0.25, -0.2) is 4.79 Å². The van der Waals surface area contributed by atoms with Gasteiger partial charge in [0, 0.05) is 33.1 Å². The van der Waals surface area contributed by atoms with E-state index >= 15 is 0 Å². The van der Waals surface area contributed by atoms with E-state index in [1.165, 1.54) is 0 Å². The lowest BCUT2D eigenvalue weighted by Gasteiger charge is -2.37. The van der Waals surface area contributed by atoms with Crippen molar-refractivity contribution in [2.75, 3.05) is 26.7 Å². The fraction of sp³-hybridized carbons (Fsp3) is 0.800. The summed E-state index contributed by atoms with van der Waals surface area (Å²) in [6, 6.07) is 2.06. The first kappa shape index (κ1) is 17.3. The Hall–Kier alpha value is -1.77. The van der Waals surface area contributed by atoms with Crippen LogP contribution in [0.3, 0.4) is 0 Å². The zero-order valence-corrected chi connectivity index (χ0v) is 13.1. The summed E-state index contributed by atoms with van der Waals surface area (Å²) in [6.45, 7) is 5.46. The molecule has 1 aliphatic rings. The van der Waals surface area contributed by atoms with Gasteiger partial charge in [-0.15, -0.1) is 0 Å². The van der Waals surface area contributed by atoms with Crippen LogP contribution in [-0.2, 0) is 4.79 Å². The van der Waals surface area contributed by atoms with Gasteiger partial charge in [0.15, 0.2) is 0 Å². The Morgan fingerprint density at radius 1 is 1.48 bits per heavy atom. The van der Waals surface area contributed by atoms with Gasteiger partial charge in [0.25, 0.3) is 0 Å². The zero-order chi connectivity index (χ0) is 16.0. The number of rotatable bonds is 5. The third-order valence-electron chi connectivity index (χ3n) is 4.12. The van der Waals surface area contributed by atoms with Crippen molar-refractivity contribution in [3.05, 3.63) is 0 Å².